The second-order valence-corrected chi connectivity index (χ2v) is 4.32. The van der Waals surface area contributed by atoms with Crippen LogP contribution in [-0.4, -0.2) is 28.1 Å². The molecule has 2 rings (SSSR count). The van der Waals surface area contributed by atoms with Gasteiger partial charge in [0, 0.05) is 26.0 Å². The standard InChI is InChI=1S/C14H15N3O2/c1-10-5-3-4-6-11(10)9-17(2)13-12(14(18)19)15-7-8-16-13/h3-8H,9H2,1-2H3,(H,18,19). The van der Waals surface area contributed by atoms with Crippen molar-refractivity contribution in [2.45, 2.75) is 13.5 Å². The second-order valence-electron chi connectivity index (χ2n) is 4.32. The molecule has 19 heavy (non-hydrogen) atoms. The van der Waals surface area contributed by atoms with Gasteiger partial charge in [0.05, 0.1) is 0 Å². The third kappa shape index (κ3) is 2.88. The average Bonchev–Trinajstić information content (AvgIpc) is 2.41. The Bertz CT molecular complexity index is 599. The van der Waals surface area contributed by atoms with E-state index in [2.05, 4.69) is 9.97 Å². The third-order valence-electron chi connectivity index (χ3n) is 2.91. The molecule has 1 aromatic heterocycles. The molecule has 0 aliphatic carbocycles. The SMILES string of the molecule is Cc1ccccc1CN(C)c1nccnc1C(=O)O. The fraction of sp³-hybridized carbons (Fsp3) is 0.214. The van der Waals surface area contributed by atoms with E-state index in [-0.39, 0.29) is 5.69 Å². The van der Waals surface area contributed by atoms with Gasteiger partial charge >= 0.3 is 5.97 Å². The Kier molecular flexibility index (Phi) is 3.75. The van der Waals surface area contributed by atoms with E-state index < -0.39 is 5.97 Å². The van der Waals surface area contributed by atoms with Gasteiger partial charge < -0.3 is 10.0 Å². The number of aryl methyl sites for hydroxylation is 1. The first-order valence-electron chi connectivity index (χ1n) is 5.89. The zero-order valence-corrected chi connectivity index (χ0v) is 10.9. The van der Waals surface area contributed by atoms with Crippen molar-refractivity contribution < 1.29 is 9.90 Å². The van der Waals surface area contributed by atoms with Crippen molar-refractivity contribution in [1.29, 1.82) is 0 Å². The van der Waals surface area contributed by atoms with Crippen molar-refractivity contribution in [1.82, 2.24) is 9.97 Å². The van der Waals surface area contributed by atoms with E-state index in [1.165, 1.54) is 12.4 Å². The maximum atomic E-state index is 11.1. The highest BCUT2D eigenvalue weighted by molar-refractivity contribution is 5.90. The van der Waals surface area contributed by atoms with E-state index in [9.17, 15) is 4.79 Å². The van der Waals surface area contributed by atoms with Gasteiger partial charge in [0.2, 0.25) is 0 Å². The van der Waals surface area contributed by atoms with E-state index in [0.29, 0.717) is 12.4 Å². The summed E-state index contributed by atoms with van der Waals surface area (Å²) in [5.41, 5.74) is 2.26. The first kappa shape index (κ1) is 13.0. The van der Waals surface area contributed by atoms with Crippen molar-refractivity contribution in [3.8, 4) is 0 Å². The molecule has 0 bridgehead atoms. The zero-order valence-electron chi connectivity index (χ0n) is 10.9. The number of hydrogen-bond donors (Lipinski definition) is 1. The Balaban J connectivity index is 2.28. The Morgan fingerprint density at radius 1 is 1.26 bits per heavy atom. The van der Waals surface area contributed by atoms with Crippen LogP contribution >= 0.6 is 0 Å². The molecule has 5 heteroatoms. The third-order valence-corrected chi connectivity index (χ3v) is 2.91. The van der Waals surface area contributed by atoms with Crippen molar-refractivity contribution in [3.05, 3.63) is 53.5 Å². The molecule has 0 saturated heterocycles. The Labute approximate surface area is 111 Å². The molecule has 0 fully saturated rings. The Morgan fingerprint density at radius 3 is 2.63 bits per heavy atom. The molecule has 0 atom stereocenters. The zero-order chi connectivity index (χ0) is 13.8. The van der Waals surface area contributed by atoms with Crippen LogP contribution < -0.4 is 4.90 Å². The topological polar surface area (TPSA) is 66.3 Å². The maximum Gasteiger partial charge on any atom is 0.358 e. The van der Waals surface area contributed by atoms with Crippen molar-refractivity contribution >= 4 is 11.8 Å². The Morgan fingerprint density at radius 2 is 1.95 bits per heavy atom. The van der Waals surface area contributed by atoms with Crippen LogP contribution in [0.2, 0.25) is 0 Å². The van der Waals surface area contributed by atoms with Crippen molar-refractivity contribution in [2.75, 3.05) is 11.9 Å². The van der Waals surface area contributed by atoms with Crippen LogP contribution in [0.25, 0.3) is 0 Å². The Hall–Kier alpha value is -2.43. The van der Waals surface area contributed by atoms with Gasteiger partial charge in [-0.1, -0.05) is 24.3 Å². The van der Waals surface area contributed by atoms with E-state index in [1.54, 1.807) is 4.90 Å². The highest BCUT2D eigenvalue weighted by atomic mass is 16.4. The summed E-state index contributed by atoms with van der Waals surface area (Å²) in [5, 5.41) is 9.11. The summed E-state index contributed by atoms with van der Waals surface area (Å²) in [6, 6.07) is 7.98. The summed E-state index contributed by atoms with van der Waals surface area (Å²) in [5.74, 6) is -0.696. The van der Waals surface area contributed by atoms with Gasteiger partial charge in [-0.25, -0.2) is 14.8 Å². The van der Waals surface area contributed by atoms with Gasteiger partial charge in [-0.2, -0.15) is 0 Å². The lowest BCUT2D eigenvalue weighted by atomic mass is 10.1. The van der Waals surface area contributed by atoms with Crippen LogP contribution in [0.5, 0.6) is 0 Å². The fourth-order valence-corrected chi connectivity index (χ4v) is 1.88. The van der Waals surface area contributed by atoms with Crippen LogP contribution in [0.4, 0.5) is 5.82 Å². The van der Waals surface area contributed by atoms with Crippen LogP contribution in [0.15, 0.2) is 36.7 Å². The number of carboxylic acids is 1. The first-order chi connectivity index (χ1) is 9.09. The van der Waals surface area contributed by atoms with E-state index in [0.717, 1.165) is 11.1 Å². The smallest absolute Gasteiger partial charge is 0.358 e. The number of aromatic carboxylic acids is 1. The summed E-state index contributed by atoms with van der Waals surface area (Å²) >= 11 is 0. The van der Waals surface area contributed by atoms with Crippen LogP contribution in [0.3, 0.4) is 0 Å². The van der Waals surface area contributed by atoms with Crippen molar-refractivity contribution in [2.24, 2.45) is 0 Å². The number of benzene rings is 1. The first-order valence-corrected chi connectivity index (χ1v) is 5.89. The molecule has 0 spiro atoms. The number of carbonyl (C=O) groups is 1. The normalized spacial score (nSPS) is 10.2. The molecule has 0 aliphatic rings. The predicted molar refractivity (Wildman–Crippen MR) is 72.3 cm³/mol. The number of carboxylic acid groups (broad SMARTS) is 1. The van der Waals surface area contributed by atoms with E-state index >= 15 is 0 Å². The molecule has 1 N–H and O–H groups in total. The summed E-state index contributed by atoms with van der Waals surface area (Å²) in [6.07, 6.45) is 2.88. The molecule has 0 radical (unpaired) electrons. The largest absolute Gasteiger partial charge is 0.476 e. The van der Waals surface area contributed by atoms with Gasteiger partial charge in [-0.05, 0) is 18.1 Å². The minimum absolute atomic E-state index is 0.0291. The van der Waals surface area contributed by atoms with E-state index in [4.69, 9.17) is 5.11 Å². The summed E-state index contributed by atoms with van der Waals surface area (Å²) in [6.45, 7) is 2.61. The van der Waals surface area contributed by atoms with Crippen molar-refractivity contribution in [3.63, 3.8) is 0 Å². The monoisotopic (exact) mass is 257 g/mol. The number of hydrogen-bond acceptors (Lipinski definition) is 4. The molecule has 98 valence electrons. The molecule has 2 aromatic rings. The molecule has 1 aromatic carbocycles. The number of rotatable bonds is 4. The molecule has 5 nitrogen and oxygen atoms in total. The van der Waals surface area contributed by atoms with Gasteiger partial charge in [0.15, 0.2) is 11.5 Å². The second kappa shape index (κ2) is 5.48. The minimum atomic E-state index is -1.07. The number of nitrogens with zero attached hydrogens (tertiary/aromatic N) is 3. The molecule has 0 aliphatic heterocycles. The molecule has 0 amide bonds. The van der Waals surface area contributed by atoms with Gasteiger partial charge in [0.1, 0.15) is 0 Å². The highest BCUT2D eigenvalue weighted by Crippen LogP contribution is 2.17. The lowest BCUT2D eigenvalue weighted by molar-refractivity contribution is 0.0690. The molecular formula is C14H15N3O2. The summed E-state index contributed by atoms with van der Waals surface area (Å²) in [7, 11) is 1.81. The summed E-state index contributed by atoms with van der Waals surface area (Å²) in [4.78, 5) is 20.9. The molecular weight excluding hydrogens is 242 g/mol. The quantitative estimate of drug-likeness (QED) is 0.908. The highest BCUT2D eigenvalue weighted by Gasteiger charge is 2.16. The van der Waals surface area contributed by atoms with E-state index in [1.807, 2.05) is 38.2 Å². The summed E-state index contributed by atoms with van der Waals surface area (Å²) < 4.78 is 0. The van der Waals surface area contributed by atoms with Gasteiger partial charge in [-0.3, -0.25) is 0 Å². The van der Waals surface area contributed by atoms with Crippen LogP contribution in [-0.2, 0) is 6.54 Å². The number of anilines is 1. The average molecular weight is 257 g/mol. The van der Waals surface area contributed by atoms with Gasteiger partial charge in [-0.15, -0.1) is 0 Å². The fourth-order valence-electron chi connectivity index (χ4n) is 1.88. The molecule has 0 unspecified atom stereocenters. The van der Waals surface area contributed by atoms with Crippen LogP contribution in [0.1, 0.15) is 21.6 Å². The lowest BCUT2D eigenvalue weighted by Crippen LogP contribution is -2.22. The maximum absolute atomic E-state index is 11.1. The number of aromatic nitrogens is 2. The minimum Gasteiger partial charge on any atom is -0.476 e. The van der Waals surface area contributed by atoms with Crippen LogP contribution in [0, 0.1) is 6.92 Å². The lowest BCUT2D eigenvalue weighted by Gasteiger charge is -2.20. The molecule has 0 saturated carbocycles. The van der Waals surface area contributed by atoms with Gasteiger partial charge in [0.25, 0.3) is 0 Å². The predicted octanol–water partition coefficient (Wildman–Crippen LogP) is 2.12. The molecule has 1 heterocycles.